The summed E-state index contributed by atoms with van der Waals surface area (Å²) in [6.45, 7) is 5.31. The van der Waals surface area contributed by atoms with E-state index in [0.717, 1.165) is 5.57 Å². The van der Waals surface area contributed by atoms with Gasteiger partial charge in [0.15, 0.2) is 0 Å². The van der Waals surface area contributed by atoms with E-state index in [1.807, 2.05) is 0 Å². The standard InChI is InChI=1S/C6H9NO2/c1-5(2)3-4-7-6(8)9/h3-4,7H,1H2,2H3,(H,8,9)/b4-3+. The predicted octanol–water partition coefficient (Wildman–Crippen LogP) is 1.34. The van der Waals surface area contributed by atoms with Gasteiger partial charge in [-0.25, -0.2) is 4.79 Å². The molecule has 0 aliphatic heterocycles. The average Bonchev–Trinajstić information content (AvgIpc) is 1.63. The molecule has 0 aliphatic carbocycles. The molecule has 3 heteroatoms. The largest absolute Gasteiger partial charge is 0.465 e. The first-order valence-electron chi connectivity index (χ1n) is 2.44. The first-order chi connectivity index (χ1) is 4.13. The van der Waals surface area contributed by atoms with Crippen LogP contribution in [0.15, 0.2) is 24.4 Å². The lowest BCUT2D eigenvalue weighted by Crippen LogP contribution is -2.12. The second-order valence-corrected chi connectivity index (χ2v) is 1.63. The Hall–Kier alpha value is -1.25. The van der Waals surface area contributed by atoms with E-state index < -0.39 is 6.09 Å². The van der Waals surface area contributed by atoms with Gasteiger partial charge in [0.2, 0.25) is 0 Å². The van der Waals surface area contributed by atoms with E-state index in [-0.39, 0.29) is 0 Å². The number of amides is 1. The zero-order valence-electron chi connectivity index (χ0n) is 5.22. The molecule has 0 rings (SSSR count). The summed E-state index contributed by atoms with van der Waals surface area (Å²) < 4.78 is 0. The van der Waals surface area contributed by atoms with Crippen molar-refractivity contribution in [1.82, 2.24) is 5.32 Å². The zero-order valence-corrected chi connectivity index (χ0v) is 5.22. The maximum absolute atomic E-state index is 9.79. The van der Waals surface area contributed by atoms with Crippen LogP contribution < -0.4 is 5.32 Å². The zero-order chi connectivity index (χ0) is 7.28. The molecule has 0 spiro atoms. The third-order valence-electron chi connectivity index (χ3n) is 0.575. The van der Waals surface area contributed by atoms with Crippen LogP contribution in [0.25, 0.3) is 0 Å². The molecule has 0 heterocycles. The minimum Gasteiger partial charge on any atom is -0.465 e. The van der Waals surface area contributed by atoms with Crippen molar-refractivity contribution in [3.05, 3.63) is 24.4 Å². The van der Waals surface area contributed by atoms with E-state index in [9.17, 15) is 4.79 Å². The Morgan fingerprint density at radius 1 is 1.78 bits per heavy atom. The van der Waals surface area contributed by atoms with E-state index in [1.54, 1.807) is 13.0 Å². The molecule has 0 aliphatic rings. The number of allylic oxidation sites excluding steroid dienone is 2. The Bertz CT molecular complexity index is 149. The van der Waals surface area contributed by atoms with Crippen molar-refractivity contribution in [3.8, 4) is 0 Å². The maximum Gasteiger partial charge on any atom is 0.408 e. The van der Waals surface area contributed by atoms with Crippen molar-refractivity contribution in [1.29, 1.82) is 0 Å². The highest BCUT2D eigenvalue weighted by Crippen LogP contribution is 1.85. The average molecular weight is 127 g/mol. The van der Waals surface area contributed by atoms with Gasteiger partial charge < -0.3 is 5.11 Å². The third kappa shape index (κ3) is 6.75. The summed E-state index contributed by atoms with van der Waals surface area (Å²) in [6.07, 6.45) is 1.84. The molecule has 3 nitrogen and oxygen atoms in total. The van der Waals surface area contributed by atoms with Gasteiger partial charge in [-0.1, -0.05) is 12.2 Å². The van der Waals surface area contributed by atoms with Crippen LogP contribution >= 0.6 is 0 Å². The molecular formula is C6H9NO2. The second-order valence-electron chi connectivity index (χ2n) is 1.63. The minimum atomic E-state index is -1.06. The molecule has 0 aromatic carbocycles. The number of hydrogen-bond donors (Lipinski definition) is 2. The van der Waals surface area contributed by atoms with E-state index in [2.05, 4.69) is 11.9 Å². The summed E-state index contributed by atoms with van der Waals surface area (Å²) in [5, 5.41) is 10.1. The first kappa shape index (κ1) is 7.75. The number of carboxylic acid groups (broad SMARTS) is 1. The lowest BCUT2D eigenvalue weighted by atomic mass is 10.3. The molecule has 1 amide bonds. The van der Waals surface area contributed by atoms with Crippen molar-refractivity contribution in [2.45, 2.75) is 6.92 Å². The molecule has 0 saturated carbocycles. The maximum atomic E-state index is 9.79. The number of hydrogen-bond acceptors (Lipinski definition) is 1. The van der Waals surface area contributed by atoms with Gasteiger partial charge in [-0.3, -0.25) is 5.32 Å². The second kappa shape index (κ2) is 3.72. The number of rotatable bonds is 2. The van der Waals surface area contributed by atoms with Crippen molar-refractivity contribution < 1.29 is 9.90 Å². The molecular weight excluding hydrogens is 118 g/mol. The highest BCUT2D eigenvalue weighted by molar-refractivity contribution is 5.65. The number of carbonyl (C=O) groups is 1. The molecule has 50 valence electrons. The van der Waals surface area contributed by atoms with Crippen molar-refractivity contribution in [2.24, 2.45) is 0 Å². The molecule has 0 unspecified atom stereocenters. The van der Waals surface area contributed by atoms with Crippen molar-refractivity contribution in [3.63, 3.8) is 0 Å². The van der Waals surface area contributed by atoms with E-state index in [4.69, 9.17) is 5.11 Å². The van der Waals surface area contributed by atoms with Gasteiger partial charge in [0.05, 0.1) is 0 Å². The highest BCUT2D eigenvalue weighted by Gasteiger charge is 1.83. The van der Waals surface area contributed by atoms with Crippen molar-refractivity contribution >= 4 is 6.09 Å². The fraction of sp³-hybridized carbons (Fsp3) is 0.167. The van der Waals surface area contributed by atoms with Gasteiger partial charge in [0.25, 0.3) is 0 Å². The van der Waals surface area contributed by atoms with Crippen LogP contribution in [0.1, 0.15) is 6.92 Å². The molecule has 2 N–H and O–H groups in total. The van der Waals surface area contributed by atoms with Crippen LogP contribution in [-0.2, 0) is 0 Å². The third-order valence-corrected chi connectivity index (χ3v) is 0.575. The molecule has 0 bridgehead atoms. The van der Waals surface area contributed by atoms with Crippen molar-refractivity contribution in [2.75, 3.05) is 0 Å². The molecule has 0 saturated heterocycles. The Morgan fingerprint density at radius 3 is 2.67 bits per heavy atom. The Labute approximate surface area is 53.7 Å². The van der Waals surface area contributed by atoms with Crippen LogP contribution in [0.5, 0.6) is 0 Å². The van der Waals surface area contributed by atoms with Gasteiger partial charge in [0.1, 0.15) is 0 Å². The number of nitrogens with one attached hydrogen (secondary N) is 1. The summed E-state index contributed by atoms with van der Waals surface area (Å²) in [7, 11) is 0. The predicted molar refractivity (Wildman–Crippen MR) is 35.1 cm³/mol. The van der Waals surface area contributed by atoms with Crippen LogP contribution in [0.4, 0.5) is 4.79 Å². The quantitative estimate of drug-likeness (QED) is 0.550. The molecule has 0 atom stereocenters. The fourth-order valence-corrected chi connectivity index (χ4v) is 0.255. The topological polar surface area (TPSA) is 49.3 Å². The molecule has 0 aromatic rings. The normalized spacial score (nSPS) is 9.44. The molecule has 0 fully saturated rings. The molecule has 0 aromatic heterocycles. The lowest BCUT2D eigenvalue weighted by molar-refractivity contribution is 0.198. The Morgan fingerprint density at radius 2 is 2.33 bits per heavy atom. The summed E-state index contributed by atoms with van der Waals surface area (Å²) >= 11 is 0. The van der Waals surface area contributed by atoms with E-state index in [1.165, 1.54) is 6.20 Å². The monoisotopic (exact) mass is 127 g/mol. The summed E-state index contributed by atoms with van der Waals surface area (Å²) in [4.78, 5) is 9.79. The molecule has 0 radical (unpaired) electrons. The highest BCUT2D eigenvalue weighted by atomic mass is 16.4. The van der Waals surface area contributed by atoms with Gasteiger partial charge in [-0.2, -0.15) is 0 Å². The smallest absolute Gasteiger partial charge is 0.408 e. The SMILES string of the molecule is C=C(C)/C=C/NC(=O)O. The van der Waals surface area contributed by atoms with Crippen LogP contribution in [-0.4, -0.2) is 11.2 Å². The van der Waals surface area contributed by atoms with E-state index >= 15 is 0 Å². The summed E-state index contributed by atoms with van der Waals surface area (Å²) in [5.74, 6) is 0. The van der Waals surface area contributed by atoms with Gasteiger partial charge >= 0.3 is 6.09 Å². The fourth-order valence-electron chi connectivity index (χ4n) is 0.255. The summed E-state index contributed by atoms with van der Waals surface area (Å²) in [5.41, 5.74) is 0.809. The van der Waals surface area contributed by atoms with E-state index in [0.29, 0.717) is 0 Å². The van der Waals surface area contributed by atoms with Gasteiger partial charge in [-0.05, 0) is 13.0 Å². The van der Waals surface area contributed by atoms with Gasteiger partial charge in [-0.15, -0.1) is 0 Å². The minimum absolute atomic E-state index is 0.809. The first-order valence-corrected chi connectivity index (χ1v) is 2.44. The Kier molecular flexibility index (Phi) is 3.20. The van der Waals surface area contributed by atoms with Crippen LogP contribution in [0, 0.1) is 0 Å². The van der Waals surface area contributed by atoms with Crippen LogP contribution in [0.3, 0.4) is 0 Å². The summed E-state index contributed by atoms with van der Waals surface area (Å²) in [6, 6.07) is 0. The molecule has 9 heavy (non-hydrogen) atoms. The Balaban J connectivity index is 3.48. The van der Waals surface area contributed by atoms with Gasteiger partial charge in [0, 0.05) is 6.20 Å². The lowest BCUT2D eigenvalue weighted by Gasteiger charge is -1.87. The van der Waals surface area contributed by atoms with Crippen LogP contribution in [0.2, 0.25) is 0 Å².